The number of rotatable bonds is 7. The van der Waals surface area contributed by atoms with Gasteiger partial charge in [-0.1, -0.05) is 27.2 Å². The molecule has 1 rings (SSSR count). The molecule has 0 aliphatic carbocycles. The molecule has 1 fully saturated rings. The quantitative estimate of drug-likeness (QED) is 0.733. The van der Waals surface area contributed by atoms with Crippen LogP contribution in [0.2, 0.25) is 0 Å². The molecule has 0 spiro atoms. The second kappa shape index (κ2) is 7.78. The van der Waals surface area contributed by atoms with Crippen LogP contribution in [0.4, 0.5) is 0 Å². The van der Waals surface area contributed by atoms with Crippen LogP contribution in [0.15, 0.2) is 0 Å². The molecule has 0 radical (unpaired) electrons. The van der Waals surface area contributed by atoms with Crippen molar-refractivity contribution in [1.82, 2.24) is 10.6 Å². The van der Waals surface area contributed by atoms with Crippen LogP contribution in [0.25, 0.3) is 0 Å². The van der Waals surface area contributed by atoms with Gasteiger partial charge < -0.3 is 10.6 Å². The number of hydrogen-bond acceptors (Lipinski definition) is 2. The van der Waals surface area contributed by atoms with E-state index < -0.39 is 0 Å². The molecule has 1 unspecified atom stereocenters. The second-order valence-electron chi connectivity index (χ2n) is 6.24. The van der Waals surface area contributed by atoms with Crippen LogP contribution >= 0.6 is 0 Å². The summed E-state index contributed by atoms with van der Waals surface area (Å²) in [6.07, 6.45) is 6.56. The van der Waals surface area contributed by atoms with E-state index in [1.807, 2.05) is 0 Å². The zero-order valence-corrected chi connectivity index (χ0v) is 12.3. The highest BCUT2D eigenvalue weighted by Gasteiger charge is 2.31. The lowest BCUT2D eigenvalue weighted by atomic mass is 9.77. The Labute approximate surface area is 112 Å². The minimum atomic E-state index is 0.227. The number of carbonyl (C=O) groups excluding carboxylic acids is 1. The Bertz CT molecular complexity index is 239. The summed E-state index contributed by atoms with van der Waals surface area (Å²) in [6.45, 7) is 9.60. The summed E-state index contributed by atoms with van der Waals surface area (Å²) in [5.74, 6) is 0.835. The Morgan fingerprint density at radius 1 is 1.44 bits per heavy atom. The monoisotopic (exact) mass is 254 g/mol. The van der Waals surface area contributed by atoms with E-state index >= 15 is 0 Å². The third-order valence-electron chi connectivity index (χ3n) is 3.95. The van der Waals surface area contributed by atoms with Crippen LogP contribution in [0, 0.1) is 11.3 Å². The van der Waals surface area contributed by atoms with Gasteiger partial charge in [-0.2, -0.15) is 0 Å². The lowest BCUT2D eigenvalue weighted by Gasteiger charge is -2.38. The van der Waals surface area contributed by atoms with E-state index in [1.54, 1.807) is 0 Å². The highest BCUT2D eigenvalue weighted by Crippen LogP contribution is 2.30. The van der Waals surface area contributed by atoms with Gasteiger partial charge in [-0.05, 0) is 38.1 Å². The van der Waals surface area contributed by atoms with Gasteiger partial charge in [-0.25, -0.2) is 0 Å². The average Bonchev–Trinajstić information content (AvgIpc) is 2.35. The van der Waals surface area contributed by atoms with E-state index in [0.717, 1.165) is 26.1 Å². The maximum Gasteiger partial charge on any atom is 0.220 e. The summed E-state index contributed by atoms with van der Waals surface area (Å²) in [4.78, 5) is 11.8. The van der Waals surface area contributed by atoms with Gasteiger partial charge in [0.1, 0.15) is 0 Å². The second-order valence-corrected chi connectivity index (χ2v) is 6.24. The van der Waals surface area contributed by atoms with Crippen molar-refractivity contribution in [3.63, 3.8) is 0 Å². The molecule has 0 aromatic heterocycles. The molecule has 1 aliphatic heterocycles. The van der Waals surface area contributed by atoms with Crippen LogP contribution < -0.4 is 10.6 Å². The van der Waals surface area contributed by atoms with Gasteiger partial charge in [0.15, 0.2) is 0 Å². The summed E-state index contributed by atoms with van der Waals surface area (Å²) in [5.41, 5.74) is 0.306. The molecule has 0 aromatic carbocycles. The van der Waals surface area contributed by atoms with Gasteiger partial charge in [-0.3, -0.25) is 4.79 Å². The van der Waals surface area contributed by atoms with Crippen LogP contribution in [0.1, 0.15) is 59.3 Å². The molecular formula is C15H30N2O. The maximum absolute atomic E-state index is 11.8. The predicted octanol–water partition coefficient (Wildman–Crippen LogP) is 2.71. The molecular weight excluding hydrogens is 224 g/mol. The number of hydrogen-bond donors (Lipinski definition) is 2. The molecule has 3 heteroatoms. The lowest BCUT2D eigenvalue weighted by molar-refractivity contribution is -0.122. The first-order chi connectivity index (χ1) is 8.58. The Morgan fingerprint density at radius 3 is 2.78 bits per heavy atom. The van der Waals surface area contributed by atoms with E-state index in [-0.39, 0.29) is 5.91 Å². The van der Waals surface area contributed by atoms with E-state index in [4.69, 9.17) is 0 Å². The molecule has 3 nitrogen and oxygen atoms in total. The number of amides is 1. The van der Waals surface area contributed by atoms with Crippen molar-refractivity contribution in [2.24, 2.45) is 11.3 Å². The largest absolute Gasteiger partial charge is 0.355 e. The minimum absolute atomic E-state index is 0.227. The molecule has 1 amide bonds. The first kappa shape index (κ1) is 15.5. The molecule has 1 aliphatic rings. The molecule has 2 N–H and O–H groups in total. The van der Waals surface area contributed by atoms with Gasteiger partial charge in [0.25, 0.3) is 0 Å². The molecule has 106 valence electrons. The minimum Gasteiger partial charge on any atom is -0.355 e. The topological polar surface area (TPSA) is 41.1 Å². The third-order valence-corrected chi connectivity index (χ3v) is 3.95. The summed E-state index contributed by atoms with van der Waals surface area (Å²) >= 11 is 0. The van der Waals surface area contributed by atoms with Crippen molar-refractivity contribution in [1.29, 1.82) is 0 Å². The van der Waals surface area contributed by atoms with E-state index in [2.05, 4.69) is 31.4 Å². The van der Waals surface area contributed by atoms with Crippen LogP contribution in [0.5, 0.6) is 0 Å². The summed E-state index contributed by atoms with van der Waals surface area (Å²) in [6, 6.07) is 0. The Kier molecular flexibility index (Phi) is 6.69. The van der Waals surface area contributed by atoms with Crippen molar-refractivity contribution >= 4 is 5.91 Å². The van der Waals surface area contributed by atoms with Crippen LogP contribution in [-0.4, -0.2) is 25.5 Å². The Hall–Kier alpha value is -0.570. The van der Waals surface area contributed by atoms with Crippen molar-refractivity contribution in [2.45, 2.75) is 59.3 Å². The zero-order chi connectivity index (χ0) is 13.4. The fourth-order valence-electron chi connectivity index (χ4n) is 2.81. The summed E-state index contributed by atoms with van der Waals surface area (Å²) in [7, 11) is 0. The van der Waals surface area contributed by atoms with Crippen LogP contribution in [0.3, 0.4) is 0 Å². The first-order valence-electron chi connectivity index (χ1n) is 7.55. The fourth-order valence-corrected chi connectivity index (χ4v) is 2.81. The molecule has 0 saturated carbocycles. The molecule has 0 bridgehead atoms. The van der Waals surface area contributed by atoms with Crippen molar-refractivity contribution in [3.05, 3.63) is 0 Å². The van der Waals surface area contributed by atoms with Gasteiger partial charge in [0.2, 0.25) is 5.91 Å². The Balaban J connectivity index is 2.34. The standard InChI is InChI=1S/C15H30N2O/c1-4-8-15(9-5-10-16-11-15)12-17-14(18)7-6-13(2)3/h13,16H,4-12H2,1-3H3,(H,17,18). The van der Waals surface area contributed by atoms with E-state index in [9.17, 15) is 4.79 Å². The third kappa shape index (κ3) is 5.38. The van der Waals surface area contributed by atoms with Crippen molar-refractivity contribution in [2.75, 3.05) is 19.6 Å². The number of nitrogens with one attached hydrogen (secondary N) is 2. The Morgan fingerprint density at radius 2 is 2.22 bits per heavy atom. The van der Waals surface area contributed by atoms with Gasteiger partial charge in [0.05, 0.1) is 0 Å². The highest BCUT2D eigenvalue weighted by molar-refractivity contribution is 5.75. The fraction of sp³-hybridized carbons (Fsp3) is 0.933. The van der Waals surface area contributed by atoms with Gasteiger partial charge in [0, 0.05) is 24.9 Å². The first-order valence-corrected chi connectivity index (χ1v) is 7.55. The molecule has 1 atom stereocenters. The number of piperidine rings is 1. The average molecular weight is 254 g/mol. The van der Waals surface area contributed by atoms with Crippen LogP contribution in [-0.2, 0) is 4.79 Å². The SMILES string of the molecule is CCCC1(CNC(=O)CCC(C)C)CCCNC1. The van der Waals surface area contributed by atoms with Crippen molar-refractivity contribution in [3.8, 4) is 0 Å². The highest BCUT2D eigenvalue weighted by atomic mass is 16.1. The normalized spacial score (nSPS) is 24.2. The lowest BCUT2D eigenvalue weighted by Crippen LogP contribution is -2.47. The summed E-state index contributed by atoms with van der Waals surface area (Å²) in [5, 5.41) is 6.64. The maximum atomic E-state index is 11.8. The van der Waals surface area contributed by atoms with E-state index in [0.29, 0.717) is 17.8 Å². The van der Waals surface area contributed by atoms with Crippen molar-refractivity contribution < 1.29 is 4.79 Å². The molecule has 1 heterocycles. The smallest absolute Gasteiger partial charge is 0.220 e. The molecule has 18 heavy (non-hydrogen) atoms. The van der Waals surface area contributed by atoms with Gasteiger partial charge in [-0.15, -0.1) is 0 Å². The molecule has 1 saturated heterocycles. The van der Waals surface area contributed by atoms with E-state index in [1.165, 1.54) is 25.7 Å². The zero-order valence-electron chi connectivity index (χ0n) is 12.3. The molecule has 0 aromatic rings. The number of carbonyl (C=O) groups is 1. The van der Waals surface area contributed by atoms with Gasteiger partial charge >= 0.3 is 0 Å². The summed E-state index contributed by atoms with van der Waals surface area (Å²) < 4.78 is 0. The predicted molar refractivity (Wildman–Crippen MR) is 76.5 cm³/mol.